The molecule has 2 aromatic rings. The second-order valence-corrected chi connectivity index (χ2v) is 8.58. The minimum absolute atomic E-state index is 0.253. The summed E-state index contributed by atoms with van der Waals surface area (Å²) in [5, 5.41) is 0. The van der Waals surface area contributed by atoms with Gasteiger partial charge in [-0.1, -0.05) is 30.3 Å². The van der Waals surface area contributed by atoms with Crippen molar-refractivity contribution in [2.24, 2.45) is 0 Å². The van der Waals surface area contributed by atoms with Crippen molar-refractivity contribution in [3.63, 3.8) is 0 Å². The highest BCUT2D eigenvalue weighted by molar-refractivity contribution is 7.86. The molecule has 0 aromatic heterocycles. The number of methoxy groups -OCH3 is 1. The Labute approximate surface area is 152 Å². The van der Waals surface area contributed by atoms with Crippen LogP contribution >= 0.6 is 0 Å². The van der Waals surface area contributed by atoms with E-state index in [9.17, 15) is 18.0 Å². The largest absolute Gasteiger partial charge is 0.741 e. The first-order valence-corrected chi connectivity index (χ1v) is 10.0. The Hall–Kier alpha value is -1.66. The van der Waals surface area contributed by atoms with E-state index in [1.807, 2.05) is 42.5 Å². The molecule has 0 amide bonds. The molecule has 0 saturated carbocycles. The number of halogens is 4. The van der Waals surface area contributed by atoms with E-state index in [1.165, 1.54) is 10.7 Å². The van der Waals surface area contributed by atoms with Gasteiger partial charge in [-0.15, -0.1) is 0 Å². The maximum absolute atomic E-state index is 11.6. The average molecular weight is 488 g/mol. The molecule has 5 nitrogen and oxygen atoms in total. The smallest absolute Gasteiger partial charge is 0.485 e. The van der Waals surface area contributed by atoms with Gasteiger partial charge in [0.2, 0.25) is 3.57 Å². The molecule has 136 valence electrons. The van der Waals surface area contributed by atoms with Crippen molar-refractivity contribution in [3.05, 3.63) is 67.3 Å². The van der Waals surface area contributed by atoms with Crippen molar-refractivity contribution in [1.29, 1.82) is 0 Å². The summed E-state index contributed by atoms with van der Waals surface area (Å²) in [4.78, 5) is 11.6. The highest BCUT2D eigenvalue weighted by Crippen LogP contribution is 2.20. The number of hydrogen-bond donors (Lipinski definition) is 0. The summed E-state index contributed by atoms with van der Waals surface area (Å²) >= 11 is -0.334. The van der Waals surface area contributed by atoms with Crippen LogP contribution in [0, 0.1) is 7.14 Å². The molecule has 2 aromatic carbocycles. The molecule has 10 heteroatoms. The molecule has 25 heavy (non-hydrogen) atoms. The molecule has 0 unspecified atom stereocenters. The maximum atomic E-state index is 11.6. The van der Waals surface area contributed by atoms with Crippen LogP contribution in [-0.2, 0) is 14.9 Å². The van der Waals surface area contributed by atoms with Gasteiger partial charge in [-0.2, -0.15) is 13.2 Å². The first-order valence-electron chi connectivity index (χ1n) is 6.45. The van der Waals surface area contributed by atoms with Crippen LogP contribution in [0.1, 0.15) is 10.4 Å². The third kappa shape index (κ3) is 7.00. The second-order valence-electron chi connectivity index (χ2n) is 4.26. The van der Waals surface area contributed by atoms with Crippen LogP contribution in [0.3, 0.4) is 0 Å². The molecule has 0 radical (unpaired) electrons. The minimum atomic E-state index is -6.09. The second kappa shape index (κ2) is 9.15. The lowest BCUT2D eigenvalue weighted by atomic mass is 10.2. The molecule has 0 aliphatic carbocycles. The monoisotopic (exact) mass is 488 g/mol. The molecule has 0 aliphatic heterocycles. The topological polar surface area (TPSA) is 83.5 Å². The van der Waals surface area contributed by atoms with E-state index in [4.69, 9.17) is 17.7 Å². The fourth-order valence-corrected chi connectivity index (χ4v) is 3.94. The molecule has 0 fully saturated rings. The number of esters is 1. The fourth-order valence-electron chi connectivity index (χ4n) is 1.41. The number of rotatable bonds is 3. The molecule has 0 saturated heterocycles. The van der Waals surface area contributed by atoms with E-state index < -0.39 is 15.6 Å². The van der Waals surface area contributed by atoms with Gasteiger partial charge in [0.15, 0.2) is 13.7 Å². The van der Waals surface area contributed by atoms with Gasteiger partial charge in [-0.3, -0.25) is 0 Å². The van der Waals surface area contributed by atoms with Crippen LogP contribution in [0.2, 0.25) is 0 Å². The van der Waals surface area contributed by atoms with E-state index >= 15 is 0 Å². The molecular weight excluding hydrogens is 476 g/mol. The summed E-state index contributed by atoms with van der Waals surface area (Å²) in [5.41, 5.74) is -4.96. The Kier molecular flexibility index (Phi) is 7.83. The third-order valence-corrected chi connectivity index (χ3v) is 5.94. The molecule has 0 atom stereocenters. The average Bonchev–Trinajstić information content (AvgIpc) is 2.54. The number of alkyl halides is 3. The van der Waals surface area contributed by atoms with Crippen LogP contribution in [0.5, 0.6) is 0 Å². The summed E-state index contributed by atoms with van der Waals surface area (Å²) in [7, 11) is -4.67. The van der Waals surface area contributed by atoms with E-state index in [0.29, 0.717) is 5.56 Å². The molecule has 0 spiro atoms. The maximum Gasteiger partial charge on any atom is 0.485 e. The molecule has 0 heterocycles. The summed E-state index contributed by atoms with van der Waals surface area (Å²) in [5.74, 6) is -0.253. The van der Waals surface area contributed by atoms with E-state index in [0.717, 1.165) is 3.57 Å². The lowest BCUT2D eigenvalue weighted by Gasteiger charge is -2.08. The van der Waals surface area contributed by atoms with Crippen molar-refractivity contribution in [3.8, 4) is 0 Å². The van der Waals surface area contributed by atoms with Gasteiger partial charge in [-0.25, -0.2) is 13.2 Å². The molecule has 0 N–H and O–H groups in total. The van der Waals surface area contributed by atoms with Gasteiger partial charge in [0.1, 0.15) is 5.56 Å². The van der Waals surface area contributed by atoms with Crippen molar-refractivity contribution in [2.75, 3.05) is 7.11 Å². The van der Waals surface area contributed by atoms with E-state index in [1.54, 1.807) is 0 Å². The Bertz CT molecular complexity index is 807. The van der Waals surface area contributed by atoms with E-state index in [-0.39, 0.29) is 27.2 Å². The number of hydrogen-bond acceptors (Lipinski definition) is 5. The Morgan fingerprint density at radius 2 is 1.52 bits per heavy atom. The van der Waals surface area contributed by atoms with Gasteiger partial charge < -0.3 is 9.29 Å². The van der Waals surface area contributed by atoms with Crippen molar-refractivity contribution < 1.29 is 56.9 Å². The zero-order valence-corrected chi connectivity index (χ0v) is 15.6. The van der Waals surface area contributed by atoms with Crippen molar-refractivity contribution in [2.45, 2.75) is 5.51 Å². The Morgan fingerprint density at radius 1 is 1.04 bits per heavy atom. The summed E-state index contributed by atoms with van der Waals surface area (Å²) in [6.07, 6.45) is 0. The van der Waals surface area contributed by atoms with Gasteiger partial charge in [0, 0.05) is 0 Å². The van der Waals surface area contributed by atoms with Gasteiger partial charge >= 0.3 is 32.7 Å². The Morgan fingerprint density at radius 3 is 2.00 bits per heavy atom. The third-order valence-electron chi connectivity index (χ3n) is 2.51. The summed E-state index contributed by atoms with van der Waals surface area (Å²) in [6, 6.07) is 17.9. The first kappa shape index (κ1) is 21.4. The highest BCUT2D eigenvalue weighted by atomic mass is 127. The van der Waals surface area contributed by atoms with Gasteiger partial charge in [-0.05, 0) is 24.3 Å². The van der Waals surface area contributed by atoms with Crippen LogP contribution in [0.15, 0.2) is 54.6 Å². The quantitative estimate of drug-likeness (QED) is 0.256. The summed E-state index contributed by atoms with van der Waals surface area (Å²) in [6.45, 7) is 0. The molecule has 0 aliphatic rings. The number of carbonyl (C=O) groups excluding carboxylic acids is 1. The lowest BCUT2D eigenvalue weighted by molar-refractivity contribution is -0.597. The zero-order chi connectivity index (χ0) is 19.1. The fraction of sp³-hybridized carbons (Fsp3) is 0.133. The summed E-state index contributed by atoms with van der Waals surface area (Å²) < 4.78 is 66.1. The van der Waals surface area contributed by atoms with Crippen molar-refractivity contribution in [1.82, 2.24) is 0 Å². The van der Waals surface area contributed by atoms with Gasteiger partial charge in [0.05, 0.1) is 7.11 Å². The number of benzene rings is 2. The molecule has 0 bridgehead atoms. The lowest BCUT2D eigenvalue weighted by Crippen LogP contribution is -3.61. The predicted octanol–water partition coefficient (Wildman–Crippen LogP) is -0.347. The molecule has 2 rings (SSSR count). The SMILES string of the molecule is COC(=O)c1ccccc1[I+]c1ccccc1.O=S(=O)([O-])C(F)(F)F. The predicted molar refractivity (Wildman–Crippen MR) is 77.4 cm³/mol. The highest BCUT2D eigenvalue weighted by Gasteiger charge is 2.36. The zero-order valence-electron chi connectivity index (χ0n) is 12.7. The van der Waals surface area contributed by atoms with Crippen molar-refractivity contribution >= 4 is 16.1 Å². The number of ether oxygens (including phenoxy) is 1. The van der Waals surface area contributed by atoms with Crippen LogP contribution < -0.4 is 21.2 Å². The van der Waals surface area contributed by atoms with Crippen LogP contribution in [0.4, 0.5) is 13.2 Å². The van der Waals surface area contributed by atoms with Crippen LogP contribution in [-0.4, -0.2) is 31.6 Å². The minimum Gasteiger partial charge on any atom is -0.741 e. The Balaban J connectivity index is 0.000000333. The molecular formula is C15H12F3IO5S. The standard InChI is InChI=1S/C14H12IO2.CHF3O3S/c1-17-14(16)12-9-5-6-10-13(12)15-11-7-3-2-4-8-11;2-1(3,4)8(5,6)7/h2-10H,1H3;(H,5,6,7)/q+1;/p-1. The van der Waals surface area contributed by atoms with Crippen LogP contribution in [0.25, 0.3) is 0 Å². The van der Waals surface area contributed by atoms with Gasteiger partial charge in [0.25, 0.3) is 0 Å². The van der Waals surface area contributed by atoms with E-state index in [2.05, 4.69) is 12.1 Å². The normalized spacial score (nSPS) is 11.2. The number of carbonyl (C=O) groups is 1. The first-order chi connectivity index (χ1) is 11.6.